The Kier molecular flexibility index (Phi) is 4.50. The van der Waals surface area contributed by atoms with Crippen LogP contribution in [0, 0.1) is 0 Å². The summed E-state index contributed by atoms with van der Waals surface area (Å²) in [6.45, 7) is 10.4. The summed E-state index contributed by atoms with van der Waals surface area (Å²) >= 11 is 0. The van der Waals surface area contributed by atoms with Crippen LogP contribution in [0.15, 0.2) is 12.4 Å². The smallest absolute Gasteiger partial charge is 0.133 e. The molecule has 0 saturated carbocycles. The van der Waals surface area contributed by atoms with E-state index in [4.69, 9.17) is 10.5 Å². The van der Waals surface area contributed by atoms with Gasteiger partial charge in [-0.05, 0) is 0 Å². The minimum Gasteiger partial charge on any atom is -0.374 e. The van der Waals surface area contributed by atoms with Crippen molar-refractivity contribution < 1.29 is 4.74 Å². The van der Waals surface area contributed by atoms with Crippen molar-refractivity contribution in [2.45, 2.75) is 38.8 Å². The van der Waals surface area contributed by atoms with Crippen molar-refractivity contribution in [1.29, 1.82) is 0 Å². The summed E-state index contributed by atoms with van der Waals surface area (Å²) < 4.78 is 5.56. The van der Waals surface area contributed by atoms with Crippen molar-refractivity contribution in [1.82, 2.24) is 14.9 Å². The summed E-state index contributed by atoms with van der Waals surface area (Å²) in [6, 6.07) is 0. The minimum atomic E-state index is 0.00212. The zero-order chi connectivity index (χ0) is 13.9. The highest BCUT2D eigenvalue weighted by atomic mass is 16.5. The van der Waals surface area contributed by atoms with Gasteiger partial charge in [-0.15, -0.1) is 0 Å². The molecule has 1 fully saturated rings. The van der Waals surface area contributed by atoms with Crippen LogP contribution in [0.3, 0.4) is 0 Å². The summed E-state index contributed by atoms with van der Waals surface area (Å²) in [5, 5.41) is 0. The van der Waals surface area contributed by atoms with Crippen LogP contribution < -0.4 is 5.73 Å². The fourth-order valence-corrected chi connectivity index (χ4v) is 2.15. The van der Waals surface area contributed by atoms with E-state index in [-0.39, 0.29) is 11.5 Å². The Bertz CT molecular complexity index is 399. The van der Waals surface area contributed by atoms with Crippen LogP contribution in [0.5, 0.6) is 0 Å². The summed E-state index contributed by atoms with van der Waals surface area (Å²) in [6.07, 6.45) is 4.02. The van der Waals surface area contributed by atoms with Crippen LogP contribution in [0.2, 0.25) is 0 Å². The van der Waals surface area contributed by atoms with Crippen LogP contribution in [0.1, 0.15) is 32.2 Å². The lowest BCUT2D eigenvalue weighted by Gasteiger charge is -2.32. The van der Waals surface area contributed by atoms with Gasteiger partial charge in [-0.2, -0.15) is 0 Å². The second-order valence-electron chi connectivity index (χ2n) is 6.13. The van der Waals surface area contributed by atoms with E-state index in [1.165, 1.54) is 0 Å². The predicted molar refractivity (Wildman–Crippen MR) is 74.8 cm³/mol. The van der Waals surface area contributed by atoms with Crippen LogP contribution in [0.25, 0.3) is 0 Å². The number of hydrogen-bond donors (Lipinski definition) is 1. The van der Waals surface area contributed by atoms with E-state index >= 15 is 0 Å². The van der Waals surface area contributed by atoms with Gasteiger partial charge in [0, 0.05) is 49.6 Å². The van der Waals surface area contributed by atoms with Crippen molar-refractivity contribution in [3.8, 4) is 0 Å². The van der Waals surface area contributed by atoms with Crippen LogP contribution in [-0.2, 0) is 16.7 Å². The molecular weight excluding hydrogens is 240 g/mol. The van der Waals surface area contributed by atoms with E-state index in [2.05, 4.69) is 35.6 Å². The minimum absolute atomic E-state index is 0.00212. The van der Waals surface area contributed by atoms with E-state index < -0.39 is 0 Å². The van der Waals surface area contributed by atoms with Crippen LogP contribution in [-0.4, -0.2) is 47.2 Å². The third kappa shape index (κ3) is 3.96. The molecule has 0 radical (unpaired) electrons. The molecule has 0 amide bonds. The first kappa shape index (κ1) is 14.4. The molecule has 1 aliphatic heterocycles. The molecular formula is C14H24N4O. The molecule has 5 nitrogen and oxygen atoms in total. The topological polar surface area (TPSA) is 64.3 Å². The quantitative estimate of drug-likeness (QED) is 0.880. The Labute approximate surface area is 115 Å². The summed E-state index contributed by atoms with van der Waals surface area (Å²) in [4.78, 5) is 11.3. The van der Waals surface area contributed by atoms with Crippen molar-refractivity contribution in [2.75, 3.05) is 26.2 Å². The molecule has 1 aromatic heterocycles. The van der Waals surface area contributed by atoms with Gasteiger partial charge in [0.05, 0.1) is 12.7 Å². The fraction of sp³-hybridized carbons (Fsp3) is 0.714. The predicted octanol–water partition coefficient (Wildman–Crippen LogP) is 0.934. The highest BCUT2D eigenvalue weighted by Gasteiger charge is 2.20. The fourth-order valence-electron chi connectivity index (χ4n) is 2.15. The standard InChI is InChI=1S/C14H24N4O/c1-14(2,3)13-16-7-11(8-17-13)9-18-4-5-19-12(6-15)10-18/h7-8,12H,4-6,9-10,15H2,1-3H3. The third-order valence-electron chi connectivity index (χ3n) is 3.27. The molecule has 2 heterocycles. The summed E-state index contributed by atoms with van der Waals surface area (Å²) in [7, 11) is 0. The molecule has 0 aliphatic carbocycles. The molecule has 2 N–H and O–H groups in total. The number of nitrogens with two attached hydrogens (primary N) is 1. The molecule has 0 spiro atoms. The van der Waals surface area contributed by atoms with Gasteiger partial charge in [0.15, 0.2) is 0 Å². The van der Waals surface area contributed by atoms with Crippen molar-refractivity contribution in [2.24, 2.45) is 5.73 Å². The first-order valence-electron chi connectivity index (χ1n) is 6.84. The molecule has 2 rings (SSSR count). The number of rotatable bonds is 3. The largest absolute Gasteiger partial charge is 0.374 e. The SMILES string of the molecule is CC(C)(C)c1ncc(CN2CCOC(CN)C2)cn1. The highest BCUT2D eigenvalue weighted by Crippen LogP contribution is 2.17. The third-order valence-corrected chi connectivity index (χ3v) is 3.27. The molecule has 5 heteroatoms. The number of ether oxygens (including phenoxy) is 1. The van der Waals surface area contributed by atoms with Crippen molar-refractivity contribution >= 4 is 0 Å². The number of morpholine rings is 1. The van der Waals surface area contributed by atoms with Crippen LogP contribution in [0.4, 0.5) is 0 Å². The normalized spacial score (nSPS) is 21.6. The van der Waals surface area contributed by atoms with Crippen molar-refractivity contribution in [3.05, 3.63) is 23.8 Å². The molecule has 1 saturated heterocycles. The lowest BCUT2D eigenvalue weighted by molar-refractivity contribution is -0.0261. The number of hydrogen-bond acceptors (Lipinski definition) is 5. The number of nitrogens with zero attached hydrogens (tertiary/aromatic N) is 3. The monoisotopic (exact) mass is 264 g/mol. The average Bonchev–Trinajstić information content (AvgIpc) is 2.38. The Morgan fingerprint density at radius 1 is 1.37 bits per heavy atom. The van der Waals surface area contributed by atoms with E-state index in [9.17, 15) is 0 Å². The van der Waals surface area contributed by atoms with Gasteiger partial charge in [-0.25, -0.2) is 9.97 Å². The molecule has 1 aromatic rings. The van der Waals surface area contributed by atoms with Crippen LogP contribution >= 0.6 is 0 Å². The van der Waals surface area contributed by atoms with Gasteiger partial charge in [-0.3, -0.25) is 4.90 Å². The van der Waals surface area contributed by atoms with E-state index in [0.717, 1.165) is 37.6 Å². The second kappa shape index (κ2) is 5.94. The maximum Gasteiger partial charge on any atom is 0.133 e. The molecule has 106 valence electrons. The average molecular weight is 264 g/mol. The summed E-state index contributed by atoms with van der Waals surface area (Å²) in [5.41, 5.74) is 6.80. The molecule has 0 aromatic carbocycles. The molecule has 19 heavy (non-hydrogen) atoms. The first-order chi connectivity index (χ1) is 8.99. The van der Waals surface area contributed by atoms with Gasteiger partial charge in [0.25, 0.3) is 0 Å². The van der Waals surface area contributed by atoms with Gasteiger partial charge in [0.2, 0.25) is 0 Å². The Morgan fingerprint density at radius 3 is 2.63 bits per heavy atom. The Hall–Kier alpha value is -1.04. The van der Waals surface area contributed by atoms with E-state index in [1.807, 2.05) is 12.4 Å². The van der Waals surface area contributed by atoms with E-state index in [1.54, 1.807) is 0 Å². The Morgan fingerprint density at radius 2 is 2.05 bits per heavy atom. The van der Waals surface area contributed by atoms with Gasteiger partial charge in [0.1, 0.15) is 5.82 Å². The molecule has 1 atom stereocenters. The molecule has 1 aliphatic rings. The zero-order valence-electron chi connectivity index (χ0n) is 12.1. The summed E-state index contributed by atoms with van der Waals surface area (Å²) in [5.74, 6) is 0.887. The maximum absolute atomic E-state index is 5.65. The van der Waals surface area contributed by atoms with E-state index in [0.29, 0.717) is 6.54 Å². The lowest BCUT2D eigenvalue weighted by atomic mass is 9.96. The van der Waals surface area contributed by atoms with Crippen molar-refractivity contribution in [3.63, 3.8) is 0 Å². The number of aromatic nitrogens is 2. The zero-order valence-corrected chi connectivity index (χ0v) is 12.1. The highest BCUT2D eigenvalue weighted by molar-refractivity contribution is 5.09. The van der Waals surface area contributed by atoms with Gasteiger partial charge >= 0.3 is 0 Å². The first-order valence-corrected chi connectivity index (χ1v) is 6.84. The molecule has 0 bridgehead atoms. The Balaban J connectivity index is 1.96. The maximum atomic E-state index is 5.65. The van der Waals surface area contributed by atoms with Gasteiger partial charge < -0.3 is 10.5 Å². The van der Waals surface area contributed by atoms with Gasteiger partial charge in [-0.1, -0.05) is 20.8 Å². The lowest BCUT2D eigenvalue weighted by Crippen LogP contribution is -2.45. The molecule has 1 unspecified atom stereocenters. The second-order valence-corrected chi connectivity index (χ2v) is 6.13.